The second kappa shape index (κ2) is 5.46. The van der Waals surface area contributed by atoms with Gasteiger partial charge in [-0.1, -0.05) is 37.6 Å². The predicted molar refractivity (Wildman–Crippen MR) is 68.1 cm³/mol. The fourth-order valence-electron chi connectivity index (χ4n) is 2.37. The Bertz CT molecular complexity index is 335. The van der Waals surface area contributed by atoms with Gasteiger partial charge in [0.25, 0.3) is 0 Å². The fraction of sp³-hybridized carbons (Fsp3) is 0.571. The molecule has 1 aromatic rings. The highest BCUT2D eigenvalue weighted by atomic mass is 15.3. The van der Waals surface area contributed by atoms with Crippen LogP contribution < -0.4 is 0 Å². The van der Waals surface area contributed by atoms with Crippen molar-refractivity contribution in [1.82, 2.24) is 9.80 Å². The third kappa shape index (κ3) is 2.83. The van der Waals surface area contributed by atoms with E-state index in [-0.39, 0.29) is 0 Å². The largest absolute Gasteiger partial charge is 0.289 e. The molecule has 0 saturated heterocycles. The summed E-state index contributed by atoms with van der Waals surface area (Å²) in [5.41, 5.74) is 2.99. The van der Waals surface area contributed by atoms with Gasteiger partial charge in [-0.3, -0.25) is 9.80 Å². The summed E-state index contributed by atoms with van der Waals surface area (Å²) >= 11 is 0. The van der Waals surface area contributed by atoms with Gasteiger partial charge in [0.1, 0.15) is 0 Å². The molecule has 2 nitrogen and oxygen atoms in total. The van der Waals surface area contributed by atoms with Crippen LogP contribution in [0, 0.1) is 0 Å². The molecule has 0 saturated carbocycles. The number of benzene rings is 1. The van der Waals surface area contributed by atoms with Crippen LogP contribution in [0.3, 0.4) is 0 Å². The molecule has 0 radical (unpaired) electrons. The average Bonchev–Trinajstić information content (AvgIpc) is 2.43. The molecule has 0 atom stereocenters. The normalized spacial score (nSPS) is 18.1. The average molecular weight is 218 g/mol. The Morgan fingerprint density at radius 2 is 1.81 bits per heavy atom. The van der Waals surface area contributed by atoms with Crippen molar-refractivity contribution in [1.29, 1.82) is 0 Å². The highest BCUT2D eigenvalue weighted by Crippen LogP contribution is 2.18. The van der Waals surface area contributed by atoms with E-state index in [9.17, 15) is 0 Å². The minimum Gasteiger partial charge on any atom is -0.289 e. The van der Waals surface area contributed by atoms with Gasteiger partial charge in [0.2, 0.25) is 0 Å². The Balaban J connectivity index is 2.11. The summed E-state index contributed by atoms with van der Waals surface area (Å²) in [6, 6.07) is 8.83. The lowest BCUT2D eigenvalue weighted by Gasteiger charge is -2.24. The van der Waals surface area contributed by atoms with Crippen LogP contribution in [-0.4, -0.2) is 30.1 Å². The van der Waals surface area contributed by atoms with Crippen LogP contribution in [0.5, 0.6) is 0 Å². The number of unbranched alkanes of at least 4 members (excludes halogenated alkanes) is 1. The van der Waals surface area contributed by atoms with Crippen LogP contribution in [0.1, 0.15) is 30.9 Å². The SMILES string of the molecule is CCCCN1Cc2ccccc2CN(C)C1. The molecule has 0 fully saturated rings. The van der Waals surface area contributed by atoms with Crippen LogP contribution in [-0.2, 0) is 13.1 Å². The van der Waals surface area contributed by atoms with E-state index in [2.05, 4.69) is 48.0 Å². The van der Waals surface area contributed by atoms with Crippen LogP contribution in [0.15, 0.2) is 24.3 Å². The molecule has 0 N–H and O–H groups in total. The molecule has 2 heteroatoms. The fourth-order valence-corrected chi connectivity index (χ4v) is 2.37. The van der Waals surface area contributed by atoms with E-state index in [1.54, 1.807) is 0 Å². The Hall–Kier alpha value is -0.860. The molecule has 16 heavy (non-hydrogen) atoms. The van der Waals surface area contributed by atoms with Gasteiger partial charge in [0.05, 0.1) is 6.67 Å². The Kier molecular flexibility index (Phi) is 3.97. The van der Waals surface area contributed by atoms with Crippen molar-refractivity contribution >= 4 is 0 Å². The monoisotopic (exact) mass is 218 g/mol. The molecular weight excluding hydrogens is 196 g/mol. The van der Waals surface area contributed by atoms with Crippen LogP contribution in [0.25, 0.3) is 0 Å². The molecule has 0 bridgehead atoms. The first-order valence-electron chi connectivity index (χ1n) is 6.27. The molecular formula is C14H22N2. The lowest BCUT2D eigenvalue weighted by molar-refractivity contribution is 0.152. The Labute approximate surface area is 98.9 Å². The summed E-state index contributed by atoms with van der Waals surface area (Å²) < 4.78 is 0. The summed E-state index contributed by atoms with van der Waals surface area (Å²) in [5.74, 6) is 0. The number of hydrogen-bond donors (Lipinski definition) is 0. The standard InChI is InChI=1S/C14H22N2/c1-3-4-9-16-11-14-8-6-5-7-13(14)10-15(2)12-16/h5-8H,3-4,9-12H2,1-2H3. The third-order valence-electron chi connectivity index (χ3n) is 3.22. The number of rotatable bonds is 3. The minimum atomic E-state index is 1.08. The predicted octanol–water partition coefficient (Wildman–Crippen LogP) is 2.69. The number of fused-ring (bicyclic) bond motifs is 1. The number of nitrogens with zero attached hydrogens (tertiary/aromatic N) is 2. The second-order valence-corrected chi connectivity index (χ2v) is 4.83. The number of hydrogen-bond acceptors (Lipinski definition) is 2. The zero-order chi connectivity index (χ0) is 11.4. The van der Waals surface area contributed by atoms with E-state index >= 15 is 0 Å². The van der Waals surface area contributed by atoms with E-state index in [0.29, 0.717) is 0 Å². The topological polar surface area (TPSA) is 6.48 Å². The van der Waals surface area contributed by atoms with E-state index in [0.717, 1.165) is 19.8 Å². The summed E-state index contributed by atoms with van der Waals surface area (Å²) in [6.45, 7) is 6.76. The quantitative estimate of drug-likeness (QED) is 0.769. The molecule has 88 valence electrons. The van der Waals surface area contributed by atoms with E-state index in [4.69, 9.17) is 0 Å². The first-order valence-corrected chi connectivity index (χ1v) is 6.27. The zero-order valence-corrected chi connectivity index (χ0v) is 10.4. The maximum absolute atomic E-state index is 2.55. The van der Waals surface area contributed by atoms with Gasteiger partial charge < -0.3 is 0 Å². The van der Waals surface area contributed by atoms with Gasteiger partial charge in [0, 0.05) is 13.1 Å². The maximum atomic E-state index is 2.55. The molecule has 1 heterocycles. The van der Waals surface area contributed by atoms with Gasteiger partial charge in [-0.2, -0.15) is 0 Å². The van der Waals surface area contributed by atoms with Crippen molar-refractivity contribution in [2.24, 2.45) is 0 Å². The molecule has 0 unspecified atom stereocenters. The van der Waals surface area contributed by atoms with Crippen LogP contribution in [0.2, 0.25) is 0 Å². The molecule has 0 aliphatic carbocycles. The molecule has 0 amide bonds. The van der Waals surface area contributed by atoms with Crippen LogP contribution >= 0.6 is 0 Å². The molecule has 0 aromatic heterocycles. The Morgan fingerprint density at radius 3 is 2.50 bits per heavy atom. The first-order chi connectivity index (χ1) is 7.79. The zero-order valence-electron chi connectivity index (χ0n) is 10.4. The van der Waals surface area contributed by atoms with Crippen molar-refractivity contribution in [3.05, 3.63) is 35.4 Å². The first kappa shape index (κ1) is 11.6. The molecule has 1 aliphatic rings. The van der Waals surface area contributed by atoms with Crippen molar-refractivity contribution in [2.75, 3.05) is 20.3 Å². The van der Waals surface area contributed by atoms with Gasteiger partial charge in [-0.25, -0.2) is 0 Å². The summed E-state index contributed by atoms with van der Waals surface area (Å²) in [5, 5.41) is 0. The highest BCUT2D eigenvalue weighted by Gasteiger charge is 2.16. The minimum absolute atomic E-state index is 1.08. The summed E-state index contributed by atoms with van der Waals surface area (Å²) in [7, 11) is 2.21. The summed E-state index contributed by atoms with van der Waals surface area (Å²) in [4.78, 5) is 4.96. The molecule has 0 spiro atoms. The lowest BCUT2D eigenvalue weighted by atomic mass is 10.1. The molecule has 2 rings (SSSR count). The van der Waals surface area contributed by atoms with Crippen molar-refractivity contribution in [2.45, 2.75) is 32.9 Å². The van der Waals surface area contributed by atoms with Gasteiger partial charge in [0.15, 0.2) is 0 Å². The van der Waals surface area contributed by atoms with Crippen molar-refractivity contribution in [3.63, 3.8) is 0 Å². The van der Waals surface area contributed by atoms with Crippen molar-refractivity contribution in [3.8, 4) is 0 Å². The smallest absolute Gasteiger partial charge is 0.0509 e. The van der Waals surface area contributed by atoms with E-state index < -0.39 is 0 Å². The Morgan fingerprint density at radius 1 is 1.12 bits per heavy atom. The highest BCUT2D eigenvalue weighted by molar-refractivity contribution is 5.27. The van der Waals surface area contributed by atoms with Gasteiger partial charge in [-0.05, 0) is 31.1 Å². The van der Waals surface area contributed by atoms with Crippen molar-refractivity contribution < 1.29 is 0 Å². The van der Waals surface area contributed by atoms with Gasteiger partial charge in [-0.15, -0.1) is 0 Å². The van der Waals surface area contributed by atoms with Crippen LogP contribution in [0.4, 0.5) is 0 Å². The maximum Gasteiger partial charge on any atom is 0.0509 e. The van der Waals surface area contributed by atoms with E-state index in [1.807, 2.05) is 0 Å². The molecule has 1 aromatic carbocycles. The van der Waals surface area contributed by atoms with E-state index in [1.165, 1.54) is 30.5 Å². The third-order valence-corrected chi connectivity index (χ3v) is 3.22. The summed E-state index contributed by atoms with van der Waals surface area (Å²) in [6.07, 6.45) is 2.58. The second-order valence-electron chi connectivity index (χ2n) is 4.83. The molecule has 1 aliphatic heterocycles. The lowest BCUT2D eigenvalue weighted by Crippen LogP contribution is -2.33. The van der Waals surface area contributed by atoms with Gasteiger partial charge >= 0.3 is 0 Å².